The van der Waals surface area contributed by atoms with E-state index >= 15 is 0 Å². The van der Waals surface area contributed by atoms with Crippen LogP contribution in [0.15, 0.2) is 29.3 Å². The molecule has 0 aliphatic carbocycles. The zero-order valence-electron chi connectivity index (χ0n) is 14.8. The molecule has 1 aromatic rings. The maximum atomic E-state index is 5.74. The van der Waals surface area contributed by atoms with E-state index in [0.717, 1.165) is 36.9 Å². The van der Waals surface area contributed by atoms with Crippen LogP contribution in [-0.4, -0.2) is 51.3 Å². The third-order valence-electron chi connectivity index (χ3n) is 4.17. The number of ether oxygens (including phenoxy) is 2. The molecule has 0 spiro atoms. The maximum absolute atomic E-state index is 5.74. The van der Waals surface area contributed by atoms with Crippen molar-refractivity contribution >= 4 is 5.96 Å². The Morgan fingerprint density at radius 2 is 2.13 bits per heavy atom. The lowest BCUT2D eigenvalue weighted by Gasteiger charge is -2.23. The summed E-state index contributed by atoms with van der Waals surface area (Å²) in [5.74, 6) is 1.84. The molecule has 0 radical (unpaired) electrons. The van der Waals surface area contributed by atoms with Crippen LogP contribution in [0, 0.1) is 5.41 Å². The highest BCUT2D eigenvalue weighted by Gasteiger charge is 2.30. The van der Waals surface area contributed by atoms with Crippen LogP contribution in [0.1, 0.15) is 25.8 Å². The molecule has 0 bridgehead atoms. The Bertz CT molecular complexity index is 529. The summed E-state index contributed by atoms with van der Waals surface area (Å²) in [5.41, 5.74) is 1.44. The van der Waals surface area contributed by atoms with Crippen molar-refractivity contribution in [3.63, 3.8) is 0 Å². The number of likely N-dealkylation sites (tertiary alicyclic amines) is 1. The molecule has 0 saturated carbocycles. The second-order valence-electron chi connectivity index (χ2n) is 6.67. The molecule has 2 rings (SSSR count). The Morgan fingerprint density at radius 3 is 2.78 bits per heavy atom. The topological polar surface area (TPSA) is 46.1 Å². The molecule has 5 nitrogen and oxygen atoms in total. The van der Waals surface area contributed by atoms with Gasteiger partial charge in [-0.1, -0.05) is 32.0 Å². The van der Waals surface area contributed by atoms with Crippen LogP contribution < -0.4 is 10.1 Å². The second kappa shape index (κ2) is 8.20. The van der Waals surface area contributed by atoms with Crippen molar-refractivity contribution in [2.75, 3.05) is 40.4 Å². The van der Waals surface area contributed by atoms with Crippen LogP contribution in [0.5, 0.6) is 5.75 Å². The molecular formula is C18H29N3O2. The molecule has 0 aromatic heterocycles. The highest BCUT2D eigenvalue weighted by molar-refractivity contribution is 5.80. The molecule has 0 unspecified atom stereocenters. The first-order chi connectivity index (χ1) is 11.1. The van der Waals surface area contributed by atoms with Crippen LogP contribution >= 0.6 is 0 Å². The number of hydrogen-bond acceptors (Lipinski definition) is 3. The highest BCUT2D eigenvalue weighted by Crippen LogP contribution is 2.28. The van der Waals surface area contributed by atoms with Gasteiger partial charge < -0.3 is 19.7 Å². The van der Waals surface area contributed by atoms with Crippen molar-refractivity contribution in [3.8, 4) is 5.75 Å². The molecule has 0 amide bonds. The SMILES string of the molecule is CN=C(NCCOCc1ccccc1OC)N1CCC(C)(C)C1. The van der Waals surface area contributed by atoms with Crippen LogP contribution in [0.2, 0.25) is 0 Å². The lowest BCUT2D eigenvalue weighted by molar-refractivity contribution is 0.123. The first-order valence-electron chi connectivity index (χ1n) is 8.21. The molecule has 128 valence electrons. The first kappa shape index (κ1) is 17.6. The fraction of sp³-hybridized carbons (Fsp3) is 0.611. The standard InChI is InChI=1S/C18H29N3O2/c1-18(2)9-11-21(14-18)17(19-3)20-10-12-23-13-15-7-5-6-8-16(15)22-4/h5-8H,9-14H2,1-4H3,(H,19,20). The largest absolute Gasteiger partial charge is 0.496 e. The number of nitrogens with zero attached hydrogens (tertiary/aromatic N) is 2. The van der Waals surface area contributed by atoms with Crippen molar-refractivity contribution in [3.05, 3.63) is 29.8 Å². The number of aliphatic imine (C=N–C) groups is 1. The van der Waals surface area contributed by atoms with Gasteiger partial charge in [0.05, 0.1) is 20.3 Å². The van der Waals surface area contributed by atoms with Gasteiger partial charge >= 0.3 is 0 Å². The summed E-state index contributed by atoms with van der Waals surface area (Å²) in [6.45, 7) is 8.66. The molecule has 5 heteroatoms. The first-order valence-corrected chi connectivity index (χ1v) is 8.21. The zero-order chi connectivity index (χ0) is 16.7. The van der Waals surface area contributed by atoms with Gasteiger partial charge in [-0.25, -0.2) is 0 Å². The molecule has 1 heterocycles. The predicted molar refractivity (Wildman–Crippen MR) is 94.0 cm³/mol. The summed E-state index contributed by atoms with van der Waals surface area (Å²) in [6, 6.07) is 7.94. The van der Waals surface area contributed by atoms with Crippen LogP contribution in [0.4, 0.5) is 0 Å². The van der Waals surface area contributed by atoms with E-state index in [4.69, 9.17) is 9.47 Å². The number of nitrogens with one attached hydrogen (secondary N) is 1. The molecule has 1 fully saturated rings. The summed E-state index contributed by atoms with van der Waals surface area (Å²) in [7, 11) is 3.52. The third kappa shape index (κ3) is 5.13. The van der Waals surface area contributed by atoms with E-state index in [-0.39, 0.29) is 0 Å². The van der Waals surface area contributed by atoms with E-state index in [2.05, 4.69) is 29.1 Å². The zero-order valence-corrected chi connectivity index (χ0v) is 14.8. The van der Waals surface area contributed by atoms with Gasteiger partial charge in [-0.2, -0.15) is 0 Å². The van der Waals surface area contributed by atoms with Gasteiger partial charge in [0.25, 0.3) is 0 Å². The van der Waals surface area contributed by atoms with E-state index in [1.54, 1.807) is 7.11 Å². The minimum absolute atomic E-state index is 0.373. The Hall–Kier alpha value is -1.75. The van der Waals surface area contributed by atoms with Crippen LogP contribution in [-0.2, 0) is 11.3 Å². The molecule has 0 atom stereocenters. The van der Waals surface area contributed by atoms with E-state index in [0.29, 0.717) is 18.6 Å². The van der Waals surface area contributed by atoms with Gasteiger partial charge in [-0.15, -0.1) is 0 Å². The third-order valence-corrected chi connectivity index (χ3v) is 4.17. The lowest BCUT2D eigenvalue weighted by atomic mass is 9.93. The fourth-order valence-corrected chi connectivity index (χ4v) is 2.86. The van der Waals surface area contributed by atoms with Crippen molar-refractivity contribution in [1.82, 2.24) is 10.2 Å². The number of methoxy groups -OCH3 is 1. The van der Waals surface area contributed by atoms with Crippen LogP contribution in [0.25, 0.3) is 0 Å². The monoisotopic (exact) mass is 319 g/mol. The van der Waals surface area contributed by atoms with Gasteiger partial charge in [0.15, 0.2) is 5.96 Å². The average Bonchev–Trinajstić information content (AvgIpc) is 2.91. The maximum Gasteiger partial charge on any atom is 0.193 e. The van der Waals surface area contributed by atoms with Gasteiger partial charge in [0, 0.05) is 32.2 Å². The minimum Gasteiger partial charge on any atom is -0.496 e. The molecule has 1 aromatic carbocycles. The van der Waals surface area contributed by atoms with Gasteiger partial charge in [0.1, 0.15) is 5.75 Å². The number of benzene rings is 1. The Morgan fingerprint density at radius 1 is 1.35 bits per heavy atom. The van der Waals surface area contributed by atoms with E-state index in [9.17, 15) is 0 Å². The normalized spacial score (nSPS) is 17.4. The smallest absolute Gasteiger partial charge is 0.193 e. The molecule has 1 aliphatic heterocycles. The van der Waals surface area contributed by atoms with Crippen molar-refractivity contribution in [2.45, 2.75) is 26.9 Å². The summed E-state index contributed by atoms with van der Waals surface area (Å²) in [5, 5.41) is 3.38. The summed E-state index contributed by atoms with van der Waals surface area (Å²) >= 11 is 0. The summed E-state index contributed by atoms with van der Waals surface area (Å²) in [6.07, 6.45) is 1.21. The van der Waals surface area contributed by atoms with Crippen molar-refractivity contribution in [1.29, 1.82) is 0 Å². The van der Waals surface area contributed by atoms with E-state index in [1.807, 2.05) is 31.3 Å². The molecule has 23 heavy (non-hydrogen) atoms. The Balaban J connectivity index is 1.70. The molecule has 1 saturated heterocycles. The predicted octanol–water partition coefficient (Wildman–Crippen LogP) is 2.52. The quantitative estimate of drug-likeness (QED) is 0.497. The van der Waals surface area contributed by atoms with Crippen molar-refractivity contribution < 1.29 is 9.47 Å². The molecular weight excluding hydrogens is 290 g/mol. The Labute approximate surface area is 139 Å². The lowest BCUT2D eigenvalue weighted by Crippen LogP contribution is -2.41. The number of hydrogen-bond donors (Lipinski definition) is 1. The molecule has 1 N–H and O–H groups in total. The van der Waals surface area contributed by atoms with Crippen LogP contribution in [0.3, 0.4) is 0 Å². The summed E-state index contributed by atoms with van der Waals surface area (Å²) in [4.78, 5) is 6.69. The van der Waals surface area contributed by atoms with Gasteiger partial charge in [-0.05, 0) is 17.9 Å². The molecule has 1 aliphatic rings. The minimum atomic E-state index is 0.373. The van der Waals surface area contributed by atoms with Crippen molar-refractivity contribution in [2.24, 2.45) is 10.4 Å². The second-order valence-corrected chi connectivity index (χ2v) is 6.67. The highest BCUT2D eigenvalue weighted by atomic mass is 16.5. The van der Waals surface area contributed by atoms with Gasteiger partial charge in [0.2, 0.25) is 0 Å². The Kier molecular flexibility index (Phi) is 6.28. The summed E-state index contributed by atoms with van der Waals surface area (Å²) < 4.78 is 11.1. The number of rotatable bonds is 6. The van der Waals surface area contributed by atoms with E-state index in [1.165, 1.54) is 6.42 Å². The number of para-hydroxylation sites is 1. The average molecular weight is 319 g/mol. The fourth-order valence-electron chi connectivity index (χ4n) is 2.86. The number of guanidine groups is 1. The van der Waals surface area contributed by atoms with Gasteiger partial charge in [-0.3, -0.25) is 4.99 Å². The van der Waals surface area contributed by atoms with E-state index < -0.39 is 0 Å².